The molecule has 0 aliphatic rings. The lowest BCUT2D eigenvalue weighted by atomic mass is 10.1. The lowest BCUT2D eigenvalue weighted by molar-refractivity contribution is 0.628. The summed E-state index contributed by atoms with van der Waals surface area (Å²) < 4.78 is 12.5. The van der Waals surface area contributed by atoms with Crippen molar-refractivity contribution in [3.8, 4) is 0 Å². The van der Waals surface area contributed by atoms with Gasteiger partial charge in [0, 0.05) is 0 Å². The lowest BCUT2D eigenvalue weighted by Crippen LogP contribution is -1.76. The molecule has 0 N–H and O–H groups in total. The summed E-state index contributed by atoms with van der Waals surface area (Å²) in [6.07, 6.45) is 5.30. The lowest BCUT2D eigenvalue weighted by Gasteiger charge is -1.95. The minimum absolute atomic E-state index is 0.226. The molecule has 0 aliphatic carbocycles. The summed E-state index contributed by atoms with van der Waals surface area (Å²) in [7, 11) is 0. The highest BCUT2D eigenvalue weighted by atomic mass is 19.1. The molecule has 66 valence electrons. The van der Waals surface area contributed by atoms with Crippen molar-refractivity contribution in [1.29, 1.82) is 0 Å². The summed E-state index contributed by atoms with van der Waals surface area (Å²) in [6, 6.07) is 6.27. The van der Waals surface area contributed by atoms with Gasteiger partial charge in [-0.1, -0.05) is 37.4 Å². The number of rotatable bonds is 3. The first kappa shape index (κ1) is 9.46. The van der Waals surface area contributed by atoms with Crippen LogP contribution >= 0.6 is 0 Å². The zero-order valence-electron chi connectivity index (χ0n) is 7.33. The number of benzene rings is 1. The molecule has 0 aliphatic heterocycles. The Bertz CT molecular complexity index is 321. The molecule has 0 radical (unpaired) electrons. The summed E-state index contributed by atoms with van der Waals surface area (Å²) >= 11 is 0. The smallest absolute Gasteiger partial charge is 0.123 e. The molecule has 0 heterocycles. The molecule has 0 unspecified atom stereocenters. The van der Waals surface area contributed by atoms with Gasteiger partial charge in [-0.2, -0.15) is 0 Å². The Hall–Kier alpha value is -1.63. The zero-order chi connectivity index (χ0) is 9.68. The van der Waals surface area contributed by atoms with Crippen molar-refractivity contribution in [2.45, 2.75) is 0 Å². The van der Waals surface area contributed by atoms with E-state index in [1.165, 1.54) is 12.1 Å². The van der Waals surface area contributed by atoms with E-state index in [1.54, 1.807) is 24.3 Å². The highest BCUT2D eigenvalue weighted by molar-refractivity contribution is 5.58. The molecule has 1 aromatic rings. The van der Waals surface area contributed by atoms with Crippen LogP contribution in [0.25, 0.3) is 6.08 Å². The van der Waals surface area contributed by atoms with Gasteiger partial charge in [0.1, 0.15) is 5.82 Å². The minimum Gasteiger partial charge on any atom is -0.207 e. The number of hydrogen-bond acceptors (Lipinski definition) is 0. The molecule has 0 bridgehead atoms. The molecule has 0 spiro atoms. The SMILES string of the molecule is C=CC(C=C)=Cc1ccc(F)cc1. The van der Waals surface area contributed by atoms with Crippen molar-refractivity contribution < 1.29 is 4.39 Å². The van der Waals surface area contributed by atoms with E-state index in [0.29, 0.717) is 0 Å². The first-order valence-electron chi connectivity index (χ1n) is 3.98. The fraction of sp³-hybridized carbons (Fsp3) is 0. The van der Waals surface area contributed by atoms with Crippen molar-refractivity contribution in [3.05, 3.63) is 66.5 Å². The Kier molecular flexibility index (Phi) is 3.21. The Labute approximate surface area is 77.7 Å². The standard InChI is InChI=1S/C12H11F/c1-3-10(4-2)9-11-5-7-12(13)8-6-11/h3-9H,1-2H2. The van der Waals surface area contributed by atoms with E-state index in [2.05, 4.69) is 13.2 Å². The van der Waals surface area contributed by atoms with Gasteiger partial charge in [0.2, 0.25) is 0 Å². The predicted molar refractivity (Wildman–Crippen MR) is 54.8 cm³/mol. The minimum atomic E-state index is -0.226. The van der Waals surface area contributed by atoms with Crippen LogP contribution in [0.3, 0.4) is 0 Å². The molecule has 13 heavy (non-hydrogen) atoms. The van der Waals surface area contributed by atoms with Gasteiger partial charge in [-0.15, -0.1) is 0 Å². The quantitative estimate of drug-likeness (QED) is 0.614. The summed E-state index contributed by atoms with van der Waals surface area (Å²) in [5.74, 6) is -0.226. The van der Waals surface area contributed by atoms with E-state index >= 15 is 0 Å². The average molecular weight is 174 g/mol. The van der Waals surface area contributed by atoms with Gasteiger partial charge >= 0.3 is 0 Å². The van der Waals surface area contributed by atoms with E-state index in [9.17, 15) is 4.39 Å². The molecule has 1 heteroatoms. The third kappa shape index (κ3) is 2.71. The van der Waals surface area contributed by atoms with E-state index in [0.717, 1.165) is 11.1 Å². The largest absolute Gasteiger partial charge is 0.207 e. The van der Waals surface area contributed by atoms with Crippen LogP contribution in [-0.4, -0.2) is 0 Å². The Balaban J connectivity index is 2.96. The predicted octanol–water partition coefficient (Wildman–Crippen LogP) is 3.58. The first-order chi connectivity index (χ1) is 6.26. The molecule has 0 saturated carbocycles. The second kappa shape index (κ2) is 4.41. The summed E-state index contributed by atoms with van der Waals surface area (Å²) in [5, 5.41) is 0. The molecule has 0 fully saturated rings. The van der Waals surface area contributed by atoms with Crippen molar-refractivity contribution in [1.82, 2.24) is 0 Å². The van der Waals surface area contributed by atoms with Gasteiger partial charge < -0.3 is 0 Å². The third-order valence-corrected chi connectivity index (χ3v) is 1.67. The van der Waals surface area contributed by atoms with Crippen LogP contribution in [0.15, 0.2) is 55.1 Å². The molecule has 0 atom stereocenters. The summed E-state index contributed by atoms with van der Waals surface area (Å²) in [6.45, 7) is 7.26. The van der Waals surface area contributed by atoms with Crippen LogP contribution in [0, 0.1) is 5.82 Å². The van der Waals surface area contributed by atoms with Gasteiger partial charge in [0.05, 0.1) is 0 Å². The highest BCUT2D eigenvalue weighted by Crippen LogP contribution is 2.09. The van der Waals surface area contributed by atoms with Crippen molar-refractivity contribution >= 4 is 6.08 Å². The molecular weight excluding hydrogens is 163 g/mol. The summed E-state index contributed by atoms with van der Waals surface area (Å²) in [5.41, 5.74) is 1.86. The van der Waals surface area contributed by atoms with Crippen LogP contribution in [0.4, 0.5) is 4.39 Å². The molecule has 1 aromatic carbocycles. The maximum atomic E-state index is 12.5. The van der Waals surface area contributed by atoms with Crippen LogP contribution < -0.4 is 0 Å². The Morgan fingerprint density at radius 1 is 1.08 bits per heavy atom. The number of hydrogen-bond donors (Lipinski definition) is 0. The topological polar surface area (TPSA) is 0 Å². The van der Waals surface area contributed by atoms with E-state index in [-0.39, 0.29) is 5.82 Å². The fourth-order valence-corrected chi connectivity index (χ4v) is 0.953. The van der Waals surface area contributed by atoms with Gasteiger partial charge in [0.15, 0.2) is 0 Å². The molecule has 0 nitrogen and oxygen atoms in total. The Morgan fingerprint density at radius 3 is 2.08 bits per heavy atom. The van der Waals surface area contributed by atoms with Crippen LogP contribution in [0.1, 0.15) is 5.56 Å². The van der Waals surface area contributed by atoms with Gasteiger partial charge in [-0.3, -0.25) is 0 Å². The molecule has 1 rings (SSSR count). The van der Waals surface area contributed by atoms with Crippen molar-refractivity contribution in [3.63, 3.8) is 0 Å². The van der Waals surface area contributed by atoms with Crippen molar-refractivity contribution in [2.24, 2.45) is 0 Å². The maximum Gasteiger partial charge on any atom is 0.123 e. The van der Waals surface area contributed by atoms with Gasteiger partial charge in [0.25, 0.3) is 0 Å². The van der Waals surface area contributed by atoms with E-state index in [4.69, 9.17) is 0 Å². The molecular formula is C12H11F. The molecule has 0 aromatic heterocycles. The summed E-state index contributed by atoms with van der Waals surface area (Å²) in [4.78, 5) is 0. The van der Waals surface area contributed by atoms with Crippen LogP contribution in [-0.2, 0) is 0 Å². The van der Waals surface area contributed by atoms with Crippen LogP contribution in [0.2, 0.25) is 0 Å². The van der Waals surface area contributed by atoms with Crippen LogP contribution in [0.5, 0.6) is 0 Å². The van der Waals surface area contributed by atoms with E-state index < -0.39 is 0 Å². The Morgan fingerprint density at radius 2 is 1.62 bits per heavy atom. The van der Waals surface area contributed by atoms with Gasteiger partial charge in [-0.25, -0.2) is 4.39 Å². The van der Waals surface area contributed by atoms with Crippen molar-refractivity contribution in [2.75, 3.05) is 0 Å². The third-order valence-electron chi connectivity index (χ3n) is 1.67. The first-order valence-corrected chi connectivity index (χ1v) is 3.98. The molecule has 0 amide bonds. The normalized spacial score (nSPS) is 9.00. The average Bonchev–Trinajstić information content (AvgIpc) is 2.17. The second-order valence-electron chi connectivity index (χ2n) is 2.60. The maximum absolute atomic E-state index is 12.5. The zero-order valence-corrected chi connectivity index (χ0v) is 7.33. The molecule has 0 saturated heterocycles. The monoisotopic (exact) mass is 174 g/mol. The highest BCUT2D eigenvalue weighted by Gasteiger charge is 1.90. The number of halogens is 1. The number of allylic oxidation sites excluding steroid dienone is 3. The fourth-order valence-electron chi connectivity index (χ4n) is 0.953. The second-order valence-corrected chi connectivity index (χ2v) is 2.60. The van der Waals surface area contributed by atoms with Gasteiger partial charge in [-0.05, 0) is 29.3 Å². The van der Waals surface area contributed by atoms with E-state index in [1.807, 2.05) is 6.08 Å².